The average Bonchev–Trinajstić information content (AvgIpc) is 2.67. The van der Waals surface area contributed by atoms with Crippen LogP contribution in [0.3, 0.4) is 0 Å². The molecule has 6 heteroatoms. The van der Waals surface area contributed by atoms with E-state index in [2.05, 4.69) is 33.0 Å². The number of amides is 2. The van der Waals surface area contributed by atoms with Crippen molar-refractivity contribution in [2.75, 3.05) is 6.61 Å². The van der Waals surface area contributed by atoms with Crippen LogP contribution in [-0.2, 0) is 9.59 Å². The van der Waals surface area contributed by atoms with Gasteiger partial charge in [0.2, 0.25) is 5.91 Å². The number of carbonyl (C=O) groups excluding carboxylic acids is 2. The molecule has 2 aliphatic heterocycles. The highest BCUT2D eigenvalue weighted by atomic mass is 32.2. The fourth-order valence-corrected chi connectivity index (χ4v) is 4.71. The summed E-state index contributed by atoms with van der Waals surface area (Å²) < 4.78 is 5.37. The molecule has 5 nitrogen and oxygen atoms in total. The van der Waals surface area contributed by atoms with Gasteiger partial charge in [-0.1, -0.05) is 18.2 Å². The summed E-state index contributed by atoms with van der Waals surface area (Å²) in [5, 5.41) is 2.81. The monoisotopic (exact) mass is 334 g/mol. The molecule has 23 heavy (non-hydrogen) atoms. The van der Waals surface area contributed by atoms with Gasteiger partial charge in [0.05, 0.1) is 5.54 Å². The Hall–Kier alpha value is -1.69. The van der Waals surface area contributed by atoms with Crippen molar-refractivity contribution in [1.82, 2.24) is 10.2 Å². The van der Waals surface area contributed by atoms with Crippen LogP contribution < -0.4 is 10.1 Å². The molecule has 3 rings (SSSR count). The molecule has 124 valence electrons. The molecule has 0 bridgehead atoms. The van der Waals surface area contributed by atoms with Crippen LogP contribution in [-0.4, -0.2) is 45.0 Å². The highest BCUT2D eigenvalue weighted by molar-refractivity contribution is 8.01. The van der Waals surface area contributed by atoms with E-state index in [9.17, 15) is 9.59 Å². The van der Waals surface area contributed by atoms with Crippen molar-refractivity contribution in [2.45, 2.75) is 49.4 Å². The van der Waals surface area contributed by atoms with Gasteiger partial charge in [0.1, 0.15) is 17.2 Å². The molecule has 1 N–H and O–H groups in total. The van der Waals surface area contributed by atoms with Gasteiger partial charge in [0, 0.05) is 4.75 Å². The molecule has 2 saturated heterocycles. The van der Waals surface area contributed by atoms with E-state index in [1.54, 1.807) is 23.9 Å². The lowest BCUT2D eigenvalue weighted by Crippen LogP contribution is -2.72. The third kappa shape index (κ3) is 2.59. The number of benzene rings is 1. The van der Waals surface area contributed by atoms with Crippen LogP contribution in [0.2, 0.25) is 0 Å². The minimum atomic E-state index is -0.451. The van der Waals surface area contributed by atoms with Crippen LogP contribution in [0.4, 0.5) is 0 Å². The summed E-state index contributed by atoms with van der Waals surface area (Å²) in [6.07, 6.45) is 0. The second kappa shape index (κ2) is 5.44. The summed E-state index contributed by atoms with van der Waals surface area (Å²) in [6, 6.07) is 8.71. The van der Waals surface area contributed by atoms with Crippen LogP contribution in [0.15, 0.2) is 30.3 Å². The number of nitrogens with zero attached hydrogens (tertiary/aromatic N) is 1. The molecule has 2 heterocycles. The Kier molecular flexibility index (Phi) is 3.83. The van der Waals surface area contributed by atoms with Gasteiger partial charge in [-0.15, -0.1) is 11.8 Å². The SMILES string of the molecule is CC1(C)SC2C(NC(=O)COc3ccccc3)C(=O)N2C1(C)C. The predicted octanol–water partition coefficient (Wildman–Crippen LogP) is 2.02. The van der Waals surface area contributed by atoms with E-state index in [0.29, 0.717) is 5.75 Å². The highest BCUT2D eigenvalue weighted by Gasteiger charge is 2.65. The van der Waals surface area contributed by atoms with Crippen LogP contribution >= 0.6 is 11.8 Å². The highest BCUT2D eigenvalue weighted by Crippen LogP contribution is 2.56. The molecule has 2 amide bonds. The van der Waals surface area contributed by atoms with Gasteiger partial charge >= 0.3 is 0 Å². The van der Waals surface area contributed by atoms with Crippen LogP contribution in [0, 0.1) is 0 Å². The lowest BCUT2D eigenvalue weighted by Gasteiger charge is -2.49. The van der Waals surface area contributed by atoms with E-state index in [0.717, 1.165) is 0 Å². The normalized spacial score (nSPS) is 27.1. The average molecular weight is 334 g/mol. The number of nitrogens with one attached hydrogen (secondary N) is 1. The van der Waals surface area contributed by atoms with Crippen molar-refractivity contribution in [3.05, 3.63) is 30.3 Å². The number of rotatable bonds is 4. The summed E-state index contributed by atoms with van der Waals surface area (Å²) in [7, 11) is 0. The molecule has 2 atom stereocenters. The number of fused-ring (bicyclic) bond motifs is 1. The third-order valence-electron chi connectivity index (χ3n) is 4.96. The molecule has 2 unspecified atom stereocenters. The first kappa shape index (κ1) is 16.2. The van der Waals surface area contributed by atoms with E-state index >= 15 is 0 Å². The topological polar surface area (TPSA) is 58.6 Å². The Bertz CT molecular complexity index is 630. The quantitative estimate of drug-likeness (QED) is 0.856. The van der Waals surface area contributed by atoms with E-state index in [1.165, 1.54) is 0 Å². The van der Waals surface area contributed by atoms with Crippen molar-refractivity contribution in [2.24, 2.45) is 0 Å². The second-order valence-corrected chi connectivity index (χ2v) is 8.67. The summed E-state index contributed by atoms with van der Waals surface area (Å²) in [5.74, 6) is 0.364. The molecule has 1 aromatic rings. The standard InChI is InChI=1S/C17H22N2O3S/c1-16(2)17(3,4)23-15-13(14(21)19(15)16)18-12(20)10-22-11-8-6-5-7-9-11/h5-9,13,15H,10H2,1-4H3,(H,18,20). The molecule has 0 aromatic heterocycles. The minimum Gasteiger partial charge on any atom is -0.484 e. The fraction of sp³-hybridized carbons (Fsp3) is 0.529. The molecule has 2 aliphatic rings. The molecule has 0 aliphatic carbocycles. The first-order valence-electron chi connectivity index (χ1n) is 7.72. The molecular weight excluding hydrogens is 312 g/mol. The van der Waals surface area contributed by atoms with Crippen molar-refractivity contribution < 1.29 is 14.3 Å². The Morgan fingerprint density at radius 1 is 1.26 bits per heavy atom. The zero-order chi connectivity index (χ0) is 16.8. The van der Waals surface area contributed by atoms with Gasteiger partial charge in [-0.3, -0.25) is 9.59 Å². The summed E-state index contributed by atoms with van der Waals surface area (Å²) in [4.78, 5) is 26.4. The molecule has 0 radical (unpaired) electrons. The Morgan fingerprint density at radius 2 is 1.91 bits per heavy atom. The molecule has 2 fully saturated rings. The van der Waals surface area contributed by atoms with Crippen molar-refractivity contribution in [3.8, 4) is 5.75 Å². The number of ether oxygens (including phenoxy) is 1. The first-order valence-corrected chi connectivity index (χ1v) is 8.60. The Labute approximate surface area is 140 Å². The van der Waals surface area contributed by atoms with E-state index in [1.807, 2.05) is 23.1 Å². The van der Waals surface area contributed by atoms with Gasteiger partial charge in [-0.2, -0.15) is 0 Å². The smallest absolute Gasteiger partial charge is 0.258 e. The second-order valence-electron chi connectivity index (χ2n) is 6.93. The number of carbonyl (C=O) groups is 2. The van der Waals surface area contributed by atoms with Gasteiger partial charge in [0.25, 0.3) is 5.91 Å². The van der Waals surface area contributed by atoms with Crippen LogP contribution in [0.25, 0.3) is 0 Å². The maximum absolute atomic E-state index is 12.4. The number of para-hydroxylation sites is 1. The molecular formula is C17H22N2O3S. The van der Waals surface area contributed by atoms with Crippen LogP contribution in [0.1, 0.15) is 27.7 Å². The molecule has 0 saturated carbocycles. The largest absolute Gasteiger partial charge is 0.484 e. The molecule has 1 aromatic carbocycles. The van der Waals surface area contributed by atoms with Crippen molar-refractivity contribution in [1.29, 1.82) is 0 Å². The van der Waals surface area contributed by atoms with Gasteiger partial charge < -0.3 is 15.0 Å². The lowest BCUT2D eigenvalue weighted by molar-refractivity contribution is -0.155. The fourth-order valence-electron chi connectivity index (χ4n) is 2.93. The maximum Gasteiger partial charge on any atom is 0.258 e. The van der Waals surface area contributed by atoms with Gasteiger partial charge in [-0.25, -0.2) is 0 Å². The predicted molar refractivity (Wildman–Crippen MR) is 90.3 cm³/mol. The first-order chi connectivity index (χ1) is 10.7. The zero-order valence-electron chi connectivity index (χ0n) is 13.8. The number of thioether (sulfide) groups is 1. The van der Waals surface area contributed by atoms with Crippen molar-refractivity contribution in [3.63, 3.8) is 0 Å². The Balaban J connectivity index is 1.58. The summed E-state index contributed by atoms with van der Waals surface area (Å²) in [6.45, 7) is 8.35. The maximum atomic E-state index is 12.4. The Morgan fingerprint density at radius 3 is 2.57 bits per heavy atom. The van der Waals surface area contributed by atoms with Gasteiger partial charge in [-0.05, 0) is 39.8 Å². The number of hydrogen-bond donors (Lipinski definition) is 1. The minimum absolute atomic E-state index is 0.00757. The van der Waals surface area contributed by atoms with E-state index in [-0.39, 0.29) is 34.1 Å². The van der Waals surface area contributed by atoms with Gasteiger partial charge in [0.15, 0.2) is 6.61 Å². The summed E-state index contributed by atoms with van der Waals surface area (Å²) in [5.41, 5.74) is -0.221. The van der Waals surface area contributed by atoms with Crippen molar-refractivity contribution >= 4 is 23.6 Å². The number of hydrogen-bond acceptors (Lipinski definition) is 4. The van der Waals surface area contributed by atoms with Crippen LogP contribution in [0.5, 0.6) is 5.75 Å². The third-order valence-corrected chi connectivity index (χ3v) is 6.78. The lowest BCUT2D eigenvalue weighted by atomic mass is 9.84. The molecule has 0 spiro atoms. The van der Waals surface area contributed by atoms with E-state index < -0.39 is 6.04 Å². The van der Waals surface area contributed by atoms with E-state index in [4.69, 9.17) is 4.74 Å². The zero-order valence-corrected chi connectivity index (χ0v) is 14.6. The summed E-state index contributed by atoms with van der Waals surface area (Å²) >= 11 is 1.74. The number of β-lactam (4-membered cyclic amide) rings is 1.